The molecule has 41 heavy (non-hydrogen) atoms. The molecule has 0 radical (unpaired) electrons. The quantitative estimate of drug-likeness (QED) is 0.198. The molecule has 0 amide bonds. The number of imidazole rings is 1. The van der Waals surface area contributed by atoms with Crippen molar-refractivity contribution in [1.82, 2.24) is 19.5 Å². The molecule has 5 rings (SSSR count). The summed E-state index contributed by atoms with van der Waals surface area (Å²) in [5, 5.41) is 0. The van der Waals surface area contributed by atoms with E-state index in [9.17, 15) is 23.5 Å². The molecule has 8 atom stereocenters. The highest BCUT2D eigenvalue weighted by atomic mass is 31.3. The van der Waals surface area contributed by atoms with Crippen molar-refractivity contribution in [3.63, 3.8) is 0 Å². The molecule has 3 saturated heterocycles. The molecule has 0 spiro atoms. The van der Waals surface area contributed by atoms with Gasteiger partial charge < -0.3 is 49.0 Å². The van der Waals surface area contributed by atoms with Gasteiger partial charge in [0.05, 0.1) is 12.9 Å². The lowest BCUT2D eigenvalue weighted by molar-refractivity contribution is -0.216. The molecule has 0 bridgehead atoms. The van der Waals surface area contributed by atoms with Crippen LogP contribution in [0.15, 0.2) is 12.7 Å². The number of hydrogen-bond donors (Lipinski definition) is 5. The molecule has 3 aliphatic rings. The molecule has 0 saturated carbocycles. The predicted molar refractivity (Wildman–Crippen MR) is 131 cm³/mol. The Kier molecular flexibility index (Phi) is 9.28. The van der Waals surface area contributed by atoms with Gasteiger partial charge in [0.15, 0.2) is 30.3 Å². The van der Waals surface area contributed by atoms with Crippen molar-refractivity contribution in [2.75, 3.05) is 25.6 Å². The molecular weight excluding hydrogens is 619 g/mol. The molecule has 5 heterocycles. The zero-order valence-electron chi connectivity index (χ0n) is 21.1. The van der Waals surface area contributed by atoms with Gasteiger partial charge in [0, 0.05) is 26.1 Å². The first kappa shape index (κ1) is 31.0. The molecule has 3 fully saturated rings. The van der Waals surface area contributed by atoms with E-state index in [1.165, 1.54) is 17.2 Å². The van der Waals surface area contributed by atoms with Crippen LogP contribution in [0.4, 0.5) is 5.82 Å². The van der Waals surface area contributed by atoms with E-state index in [-0.39, 0.29) is 17.0 Å². The lowest BCUT2D eigenvalue weighted by Gasteiger charge is -2.29. The van der Waals surface area contributed by atoms with Gasteiger partial charge >= 0.3 is 23.5 Å². The van der Waals surface area contributed by atoms with Crippen molar-refractivity contribution in [3.8, 4) is 0 Å². The number of phosphoric ester groups is 1. The van der Waals surface area contributed by atoms with Crippen LogP contribution in [0.25, 0.3) is 11.2 Å². The van der Waals surface area contributed by atoms with Crippen LogP contribution in [0.3, 0.4) is 0 Å². The van der Waals surface area contributed by atoms with E-state index in [1.54, 1.807) is 0 Å². The Morgan fingerprint density at radius 1 is 0.927 bits per heavy atom. The van der Waals surface area contributed by atoms with Crippen LogP contribution in [-0.2, 0) is 50.5 Å². The molecule has 23 heteroatoms. The maximum absolute atomic E-state index is 12.4. The number of phosphoric acid groups is 3. The Labute approximate surface area is 231 Å². The van der Waals surface area contributed by atoms with E-state index in [2.05, 4.69) is 23.6 Å². The Morgan fingerprint density at radius 3 is 2.20 bits per heavy atom. The average Bonchev–Trinajstić information content (AvgIpc) is 3.65. The first-order chi connectivity index (χ1) is 19.3. The molecular formula is C18H28N5O15P3. The number of ether oxygens (including phenoxy) is 5. The summed E-state index contributed by atoms with van der Waals surface area (Å²) in [6.07, 6.45) is -0.332. The average molecular weight is 647 g/mol. The predicted octanol–water partition coefficient (Wildman–Crippen LogP) is 0.693. The number of anilines is 1. The van der Waals surface area contributed by atoms with Crippen LogP contribution in [0, 0.1) is 0 Å². The summed E-state index contributed by atoms with van der Waals surface area (Å²) < 4.78 is 78.9. The number of rotatable bonds is 12. The fourth-order valence-electron chi connectivity index (χ4n) is 4.56. The van der Waals surface area contributed by atoms with Crippen molar-refractivity contribution < 1.29 is 70.1 Å². The van der Waals surface area contributed by atoms with E-state index in [0.717, 1.165) is 6.42 Å². The van der Waals surface area contributed by atoms with Gasteiger partial charge in [-0.05, 0) is 12.8 Å². The molecule has 2 aromatic rings. The second kappa shape index (κ2) is 12.3. The number of fused-ring (bicyclic) bond motifs is 1. The lowest BCUT2D eigenvalue weighted by Crippen LogP contribution is -2.42. The normalized spacial score (nSPS) is 31.9. The van der Waals surface area contributed by atoms with Gasteiger partial charge in [-0.2, -0.15) is 8.62 Å². The Balaban J connectivity index is 1.42. The van der Waals surface area contributed by atoms with Crippen molar-refractivity contribution in [3.05, 3.63) is 12.7 Å². The molecule has 2 aromatic heterocycles. The van der Waals surface area contributed by atoms with E-state index < -0.39 is 67.2 Å². The molecule has 4 unspecified atom stereocenters. The standard InChI is InChI=1S/C18H28N5O15P3/c19-16-13-17(21-8-20-16)23(9-22-13)18-15(36-12-4-2-6-32-12)14(35-11-3-1-5-31-11)10(34-18)7-33-40(27,28)38-41(29,30)37-39(24,25)26/h8-12,14-15,18H,1-7H2,(H,27,28)(H,29,30)(H2,19,20,21)(H2,24,25,26)/t10-,11?,12?,14-,15-,18-/m1/s1. The van der Waals surface area contributed by atoms with Gasteiger partial charge in [0.1, 0.15) is 30.2 Å². The highest BCUT2D eigenvalue weighted by Gasteiger charge is 2.51. The van der Waals surface area contributed by atoms with E-state index in [1.807, 2.05) is 0 Å². The van der Waals surface area contributed by atoms with Crippen LogP contribution in [0.2, 0.25) is 0 Å². The first-order valence-corrected chi connectivity index (χ1v) is 16.7. The summed E-state index contributed by atoms with van der Waals surface area (Å²) in [6.45, 7) is 0.119. The minimum Gasteiger partial charge on any atom is -0.382 e. The van der Waals surface area contributed by atoms with Gasteiger partial charge in [-0.25, -0.2) is 28.6 Å². The van der Waals surface area contributed by atoms with Gasteiger partial charge in [0.25, 0.3) is 0 Å². The number of nitrogens with two attached hydrogens (primary N) is 1. The first-order valence-electron chi connectivity index (χ1n) is 12.2. The summed E-state index contributed by atoms with van der Waals surface area (Å²) >= 11 is 0. The molecule has 6 N–H and O–H groups in total. The minimum atomic E-state index is -5.73. The second-order valence-electron chi connectivity index (χ2n) is 9.12. The molecule has 3 aliphatic heterocycles. The maximum atomic E-state index is 12.4. The zero-order chi connectivity index (χ0) is 29.4. The number of nitrogens with zero attached hydrogens (tertiary/aromatic N) is 4. The van der Waals surface area contributed by atoms with Crippen LogP contribution in [-0.4, -0.2) is 89.8 Å². The monoisotopic (exact) mass is 647 g/mol. The molecule has 230 valence electrons. The number of nitrogen functional groups attached to an aromatic ring is 1. The smallest absolute Gasteiger partial charge is 0.382 e. The molecule has 20 nitrogen and oxygen atoms in total. The van der Waals surface area contributed by atoms with Gasteiger partial charge in [-0.3, -0.25) is 9.09 Å². The highest BCUT2D eigenvalue weighted by molar-refractivity contribution is 7.66. The molecule has 0 aromatic carbocycles. The maximum Gasteiger partial charge on any atom is 0.490 e. The third-order valence-electron chi connectivity index (χ3n) is 6.16. The Hall–Kier alpha value is -1.44. The highest BCUT2D eigenvalue weighted by Crippen LogP contribution is 2.66. The topological polar surface area (TPSA) is 276 Å². The van der Waals surface area contributed by atoms with Crippen molar-refractivity contribution in [2.24, 2.45) is 0 Å². The third kappa shape index (κ3) is 7.75. The lowest BCUT2D eigenvalue weighted by atomic mass is 10.1. The fraction of sp³-hybridized carbons (Fsp3) is 0.722. The van der Waals surface area contributed by atoms with E-state index in [0.29, 0.717) is 32.5 Å². The van der Waals surface area contributed by atoms with Gasteiger partial charge in [-0.15, -0.1) is 0 Å². The largest absolute Gasteiger partial charge is 0.490 e. The van der Waals surface area contributed by atoms with Crippen molar-refractivity contribution in [1.29, 1.82) is 0 Å². The van der Waals surface area contributed by atoms with Crippen LogP contribution in [0.1, 0.15) is 31.9 Å². The Morgan fingerprint density at radius 2 is 1.59 bits per heavy atom. The summed E-state index contributed by atoms with van der Waals surface area (Å²) in [5.41, 5.74) is 6.49. The molecule has 0 aliphatic carbocycles. The van der Waals surface area contributed by atoms with E-state index >= 15 is 0 Å². The van der Waals surface area contributed by atoms with E-state index in [4.69, 9.17) is 43.7 Å². The van der Waals surface area contributed by atoms with Crippen LogP contribution < -0.4 is 5.73 Å². The zero-order valence-corrected chi connectivity index (χ0v) is 23.7. The van der Waals surface area contributed by atoms with Crippen LogP contribution >= 0.6 is 23.5 Å². The third-order valence-corrected chi connectivity index (χ3v) is 9.96. The summed E-state index contributed by atoms with van der Waals surface area (Å²) in [6, 6.07) is 0. The minimum absolute atomic E-state index is 0.111. The summed E-state index contributed by atoms with van der Waals surface area (Å²) in [5.74, 6) is 0.111. The SMILES string of the molecule is Nc1ncnc2c1ncn2[C@@H]1O[C@H](COP(=O)(O)OP(=O)(O)OP(=O)(O)O)[C@@H](OC2CCCO2)[C@H]1OC1CCCO1. The number of aromatic nitrogens is 4. The van der Waals surface area contributed by atoms with Gasteiger partial charge in [-0.1, -0.05) is 0 Å². The Bertz CT molecular complexity index is 1360. The second-order valence-corrected chi connectivity index (χ2v) is 13.5. The van der Waals surface area contributed by atoms with Crippen molar-refractivity contribution in [2.45, 2.75) is 62.8 Å². The summed E-state index contributed by atoms with van der Waals surface area (Å²) in [7, 11) is -16.7. The van der Waals surface area contributed by atoms with Gasteiger partial charge in [0.2, 0.25) is 0 Å². The summed E-state index contributed by atoms with van der Waals surface area (Å²) in [4.78, 5) is 49.4. The van der Waals surface area contributed by atoms with Crippen LogP contribution in [0.5, 0.6) is 0 Å². The fourth-order valence-corrected chi connectivity index (χ4v) is 7.59. The number of hydrogen-bond acceptors (Lipinski definition) is 15. The van der Waals surface area contributed by atoms with Crippen molar-refractivity contribution >= 4 is 40.4 Å².